The summed E-state index contributed by atoms with van der Waals surface area (Å²) in [4.78, 5) is 24.2. The Hall–Kier alpha value is -1.81. The van der Waals surface area contributed by atoms with Gasteiger partial charge in [-0.15, -0.1) is 0 Å². The fourth-order valence-corrected chi connectivity index (χ4v) is 2.11. The summed E-state index contributed by atoms with van der Waals surface area (Å²) in [6.45, 7) is 4.48. The van der Waals surface area contributed by atoms with Gasteiger partial charge in [0.25, 0.3) is 0 Å². The number of halogens is 1. The summed E-state index contributed by atoms with van der Waals surface area (Å²) in [5.74, 6) is 0. The maximum atomic E-state index is 12.1. The number of rotatable bonds is 4. The second-order valence-electron chi connectivity index (χ2n) is 4.76. The molecule has 0 amide bonds. The van der Waals surface area contributed by atoms with Crippen molar-refractivity contribution in [2.45, 2.75) is 33.2 Å². The van der Waals surface area contributed by atoms with Gasteiger partial charge in [0, 0.05) is 29.6 Å². The van der Waals surface area contributed by atoms with Gasteiger partial charge in [-0.3, -0.25) is 14.2 Å². The van der Waals surface area contributed by atoms with Gasteiger partial charge in [0.1, 0.15) is 0 Å². The van der Waals surface area contributed by atoms with E-state index in [0.717, 1.165) is 18.4 Å². The molecule has 2 aromatic rings. The van der Waals surface area contributed by atoms with Gasteiger partial charge in [-0.1, -0.05) is 24.9 Å². The Morgan fingerprint density at radius 3 is 2.55 bits per heavy atom. The number of unbranched alkanes of at least 4 members (excludes halogenated alkanes) is 1. The molecule has 1 heterocycles. The third-order valence-electron chi connectivity index (χ3n) is 3.23. The summed E-state index contributed by atoms with van der Waals surface area (Å²) in [6.07, 6.45) is 5.14. The fraction of sp³-hybridized carbons (Fsp3) is 0.333. The highest BCUT2D eigenvalue weighted by Crippen LogP contribution is 2.17. The van der Waals surface area contributed by atoms with Gasteiger partial charge in [0.05, 0.1) is 0 Å². The molecule has 0 fully saturated rings. The predicted octanol–water partition coefficient (Wildman–Crippen LogP) is 2.76. The van der Waals surface area contributed by atoms with Crippen LogP contribution in [0.3, 0.4) is 0 Å². The van der Waals surface area contributed by atoms with Crippen LogP contribution < -0.4 is 11.1 Å². The van der Waals surface area contributed by atoms with E-state index in [4.69, 9.17) is 11.6 Å². The van der Waals surface area contributed by atoms with Crippen LogP contribution in [0.25, 0.3) is 5.69 Å². The van der Waals surface area contributed by atoms with Gasteiger partial charge in [0.2, 0.25) is 0 Å². The van der Waals surface area contributed by atoms with Crippen LogP contribution in [0.2, 0.25) is 5.02 Å². The van der Waals surface area contributed by atoms with Crippen molar-refractivity contribution < 1.29 is 0 Å². The van der Waals surface area contributed by atoms with E-state index in [1.807, 2.05) is 13.8 Å². The van der Waals surface area contributed by atoms with Crippen LogP contribution in [0.4, 0.5) is 0 Å². The first-order valence-electron chi connectivity index (χ1n) is 6.63. The van der Waals surface area contributed by atoms with Crippen molar-refractivity contribution in [2.75, 3.05) is 0 Å². The number of hydrogen-bond acceptors (Lipinski definition) is 2. The molecule has 20 heavy (non-hydrogen) atoms. The second kappa shape index (κ2) is 6.09. The lowest BCUT2D eigenvalue weighted by Crippen LogP contribution is -2.39. The minimum atomic E-state index is -0.537. The van der Waals surface area contributed by atoms with Crippen molar-refractivity contribution in [3.05, 3.63) is 61.9 Å². The first kappa shape index (κ1) is 14.6. The summed E-state index contributed by atoms with van der Waals surface area (Å²) in [7, 11) is 0. The Kier molecular flexibility index (Phi) is 4.45. The summed E-state index contributed by atoms with van der Waals surface area (Å²) < 4.78 is 2.82. The quantitative estimate of drug-likeness (QED) is 0.813. The van der Waals surface area contributed by atoms with Gasteiger partial charge in [-0.2, -0.15) is 0 Å². The average molecular weight is 293 g/mol. The molecule has 0 aliphatic rings. The van der Waals surface area contributed by atoms with Crippen molar-refractivity contribution in [1.82, 2.24) is 9.13 Å². The molecule has 0 unspecified atom stereocenters. The highest BCUT2D eigenvalue weighted by molar-refractivity contribution is 6.31. The lowest BCUT2D eigenvalue weighted by Gasteiger charge is -2.09. The normalized spacial score (nSPS) is 10.8. The largest absolute Gasteiger partial charge is 0.320 e. The summed E-state index contributed by atoms with van der Waals surface area (Å²) >= 11 is 5.97. The number of hydrogen-bond donors (Lipinski definition) is 0. The SMILES string of the molecule is CCCCn1ccn(-c2ccc(Cl)c(C)c2)c(=O)c1=O. The molecule has 0 aliphatic carbocycles. The van der Waals surface area contributed by atoms with Gasteiger partial charge in [-0.25, -0.2) is 0 Å². The molecule has 0 aliphatic heterocycles. The smallest absolute Gasteiger partial charge is 0.309 e. The highest BCUT2D eigenvalue weighted by atomic mass is 35.5. The van der Waals surface area contributed by atoms with E-state index < -0.39 is 11.1 Å². The molecule has 0 saturated carbocycles. The molecule has 5 heteroatoms. The maximum Gasteiger partial charge on any atom is 0.320 e. The van der Waals surface area contributed by atoms with Crippen LogP contribution in [0, 0.1) is 6.92 Å². The lowest BCUT2D eigenvalue weighted by molar-refractivity contribution is 0.599. The van der Waals surface area contributed by atoms with E-state index in [1.165, 1.54) is 9.13 Å². The first-order valence-corrected chi connectivity index (χ1v) is 7.01. The average Bonchev–Trinajstić information content (AvgIpc) is 2.44. The standard InChI is InChI=1S/C15H17ClN2O2/c1-3-4-7-17-8-9-18(15(20)14(17)19)12-5-6-13(16)11(2)10-12/h5-6,8-10H,3-4,7H2,1-2H3. The van der Waals surface area contributed by atoms with Crippen LogP contribution >= 0.6 is 11.6 Å². The Balaban J connectivity index is 2.48. The molecule has 4 nitrogen and oxygen atoms in total. The lowest BCUT2D eigenvalue weighted by atomic mass is 10.2. The minimum Gasteiger partial charge on any atom is -0.309 e. The van der Waals surface area contributed by atoms with Crippen LogP contribution in [0.1, 0.15) is 25.3 Å². The molecule has 0 saturated heterocycles. The Morgan fingerprint density at radius 2 is 1.90 bits per heavy atom. The molecule has 0 bridgehead atoms. The monoisotopic (exact) mass is 292 g/mol. The van der Waals surface area contributed by atoms with Gasteiger partial charge >= 0.3 is 11.1 Å². The predicted molar refractivity (Wildman–Crippen MR) is 81.0 cm³/mol. The van der Waals surface area contributed by atoms with Gasteiger partial charge in [0.15, 0.2) is 0 Å². The number of aromatic nitrogens is 2. The molecule has 0 N–H and O–H groups in total. The Labute approximate surface area is 122 Å². The molecular formula is C15H17ClN2O2. The zero-order valence-electron chi connectivity index (χ0n) is 11.6. The van der Waals surface area contributed by atoms with Crippen molar-refractivity contribution >= 4 is 11.6 Å². The molecule has 0 spiro atoms. The summed E-state index contributed by atoms with van der Waals surface area (Å²) in [5.41, 5.74) is 0.488. The van der Waals surface area contributed by atoms with E-state index >= 15 is 0 Å². The highest BCUT2D eigenvalue weighted by Gasteiger charge is 2.07. The second-order valence-corrected chi connectivity index (χ2v) is 5.17. The molecule has 0 radical (unpaired) electrons. The van der Waals surface area contributed by atoms with Crippen molar-refractivity contribution in [2.24, 2.45) is 0 Å². The van der Waals surface area contributed by atoms with E-state index in [9.17, 15) is 9.59 Å². The van der Waals surface area contributed by atoms with Crippen molar-refractivity contribution in [3.8, 4) is 5.69 Å². The van der Waals surface area contributed by atoms with E-state index in [-0.39, 0.29) is 0 Å². The third-order valence-corrected chi connectivity index (χ3v) is 3.65. The first-order chi connectivity index (χ1) is 9.54. The molecule has 1 aromatic carbocycles. The van der Waals surface area contributed by atoms with Crippen molar-refractivity contribution in [3.63, 3.8) is 0 Å². The molecule has 0 atom stereocenters. The molecule has 106 valence electrons. The summed E-state index contributed by atoms with van der Waals surface area (Å²) in [5, 5.41) is 0.637. The molecule has 1 aromatic heterocycles. The minimum absolute atomic E-state index is 0.492. The van der Waals surface area contributed by atoms with E-state index in [0.29, 0.717) is 17.3 Å². The topological polar surface area (TPSA) is 44.0 Å². The molecular weight excluding hydrogens is 276 g/mol. The van der Waals surface area contributed by atoms with Crippen LogP contribution in [-0.4, -0.2) is 9.13 Å². The van der Waals surface area contributed by atoms with Crippen LogP contribution in [0.5, 0.6) is 0 Å². The van der Waals surface area contributed by atoms with Crippen molar-refractivity contribution in [1.29, 1.82) is 0 Å². The number of benzene rings is 1. The Morgan fingerprint density at radius 1 is 1.15 bits per heavy atom. The third kappa shape index (κ3) is 2.85. The zero-order chi connectivity index (χ0) is 14.7. The van der Waals surface area contributed by atoms with Gasteiger partial charge in [-0.05, 0) is 37.1 Å². The fourth-order valence-electron chi connectivity index (χ4n) is 1.99. The summed E-state index contributed by atoms with van der Waals surface area (Å²) in [6, 6.07) is 5.24. The maximum absolute atomic E-state index is 12.1. The van der Waals surface area contributed by atoms with E-state index in [1.54, 1.807) is 30.6 Å². The van der Waals surface area contributed by atoms with Crippen LogP contribution in [0.15, 0.2) is 40.2 Å². The van der Waals surface area contributed by atoms with Crippen LogP contribution in [-0.2, 0) is 6.54 Å². The Bertz CT molecular complexity index is 731. The van der Waals surface area contributed by atoms with Gasteiger partial charge < -0.3 is 4.57 Å². The number of nitrogens with zero attached hydrogens (tertiary/aromatic N) is 2. The van der Waals surface area contributed by atoms with E-state index in [2.05, 4.69) is 0 Å². The number of aryl methyl sites for hydroxylation is 2. The molecule has 2 rings (SSSR count). The zero-order valence-corrected chi connectivity index (χ0v) is 12.4.